The van der Waals surface area contributed by atoms with Gasteiger partial charge in [0.2, 0.25) is 5.82 Å². The number of tetrazole rings is 1. The van der Waals surface area contributed by atoms with Gasteiger partial charge in [0.05, 0.1) is 10.7 Å². The first-order chi connectivity index (χ1) is 11.5. The molecule has 1 heterocycles. The first-order valence-corrected chi connectivity index (χ1v) is 6.86. The maximum absolute atomic E-state index is 14.2. The fourth-order valence-electron chi connectivity index (χ4n) is 1.99. The second kappa shape index (κ2) is 6.20. The van der Waals surface area contributed by atoms with E-state index in [9.17, 15) is 18.7 Å². The first-order valence-electron chi connectivity index (χ1n) is 6.48. The van der Waals surface area contributed by atoms with Gasteiger partial charge in [-0.15, -0.1) is 10.2 Å². The number of aromatic nitrogens is 4. The molecule has 0 aliphatic carbocycles. The molecule has 0 aliphatic heterocycles. The van der Waals surface area contributed by atoms with Crippen LogP contribution in [0.4, 0.5) is 14.5 Å². The number of phenols is 1. The summed E-state index contributed by atoms with van der Waals surface area (Å²) in [6, 6.07) is 5.60. The Labute approximate surface area is 138 Å². The highest BCUT2D eigenvalue weighted by Gasteiger charge is 2.21. The van der Waals surface area contributed by atoms with Crippen molar-refractivity contribution < 1.29 is 18.7 Å². The molecule has 0 saturated carbocycles. The third-order valence-corrected chi connectivity index (χ3v) is 3.39. The molecule has 0 radical (unpaired) electrons. The molecule has 1 aromatic heterocycles. The number of aromatic hydroxyl groups is 1. The zero-order chi connectivity index (χ0) is 17.3. The van der Waals surface area contributed by atoms with Crippen molar-refractivity contribution in [3.05, 3.63) is 52.6 Å². The van der Waals surface area contributed by atoms with E-state index >= 15 is 0 Å². The molecule has 3 N–H and O–H groups in total. The van der Waals surface area contributed by atoms with E-state index in [0.717, 1.165) is 12.1 Å². The van der Waals surface area contributed by atoms with E-state index in [1.54, 1.807) is 0 Å². The Balaban J connectivity index is 1.92. The Morgan fingerprint density at radius 1 is 1.21 bits per heavy atom. The third-order valence-electron chi connectivity index (χ3n) is 3.07. The van der Waals surface area contributed by atoms with Crippen LogP contribution in [0.5, 0.6) is 5.75 Å². The minimum absolute atomic E-state index is 0.0127. The van der Waals surface area contributed by atoms with Gasteiger partial charge in [-0.2, -0.15) is 5.21 Å². The number of benzene rings is 2. The van der Waals surface area contributed by atoms with Crippen LogP contribution in [0.3, 0.4) is 0 Å². The molecule has 0 aliphatic rings. The normalized spacial score (nSPS) is 10.6. The van der Waals surface area contributed by atoms with Gasteiger partial charge < -0.3 is 10.4 Å². The van der Waals surface area contributed by atoms with E-state index < -0.39 is 23.1 Å². The van der Waals surface area contributed by atoms with Gasteiger partial charge in [0, 0.05) is 11.6 Å². The Kier molecular flexibility index (Phi) is 4.09. The van der Waals surface area contributed by atoms with Crippen LogP contribution in [0.1, 0.15) is 10.4 Å². The maximum atomic E-state index is 14.2. The van der Waals surface area contributed by atoms with Crippen molar-refractivity contribution in [1.82, 2.24) is 20.6 Å². The number of aromatic amines is 1. The minimum atomic E-state index is -1.10. The zero-order valence-corrected chi connectivity index (χ0v) is 12.5. The monoisotopic (exact) mass is 351 g/mol. The van der Waals surface area contributed by atoms with Crippen molar-refractivity contribution in [3.8, 4) is 17.1 Å². The number of carbonyl (C=O) groups excluding carboxylic acids is 1. The lowest BCUT2D eigenvalue weighted by molar-refractivity contribution is 0.101. The molecule has 0 fully saturated rings. The van der Waals surface area contributed by atoms with Crippen LogP contribution in [0.25, 0.3) is 11.4 Å². The van der Waals surface area contributed by atoms with Crippen molar-refractivity contribution >= 4 is 23.2 Å². The lowest BCUT2D eigenvalue weighted by Crippen LogP contribution is -2.16. The van der Waals surface area contributed by atoms with Crippen LogP contribution in [0.15, 0.2) is 30.3 Å². The summed E-state index contributed by atoms with van der Waals surface area (Å²) in [6.07, 6.45) is 0. The number of hydrogen-bond donors (Lipinski definition) is 3. The van der Waals surface area contributed by atoms with E-state index in [4.69, 9.17) is 11.6 Å². The minimum Gasteiger partial charge on any atom is -0.508 e. The van der Waals surface area contributed by atoms with E-state index in [0.29, 0.717) is 0 Å². The highest BCUT2D eigenvalue weighted by molar-refractivity contribution is 6.34. The molecular weight excluding hydrogens is 344 g/mol. The summed E-state index contributed by atoms with van der Waals surface area (Å²) in [7, 11) is 0. The molecule has 10 heteroatoms. The fraction of sp³-hybridized carbons (Fsp3) is 0. The Bertz CT molecular complexity index is 895. The number of H-pyrrole nitrogens is 1. The summed E-state index contributed by atoms with van der Waals surface area (Å²) >= 11 is 5.84. The largest absolute Gasteiger partial charge is 0.508 e. The van der Waals surface area contributed by atoms with Crippen molar-refractivity contribution in [2.24, 2.45) is 0 Å². The Morgan fingerprint density at radius 2 is 1.92 bits per heavy atom. The molecule has 122 valence electrons. The van der Waals surface area contributed by atoms with Gasteiger partial charge in [-0.1, -0.05) is 11.6 Å². The summed E-state index contributed by atoms with van der Waals surface area (Å²) in [4.78, 5) is 12.1. The lowest BCUT2D eigenvalue weighted by atomic mass is 10.1. The maximum Gasteiger partial charge on any atom is 0.261 e. The molecule has 0 unspecified atom stereocenters. The number of nitrogens with one attached hydrogen (secondary N) is 2. The number of rotatable bonds is 3. The average Bonchev–Trinajstić information content (AvgIpc) is 3.03. The van der Waals surface area contributed by atoms with Gasteiger partial charge in [-0.25, -0.2) is 8.78 Å². The molecule has 0 bridgehead atoms. The van der Waals surface area contributed by atoms with Crippen molar-refractivity contribution in [3.63, 3.8) is 0 Å². The van der Waals surface area contributed by atoms with Gasteiger partial charge >= 0.3 is 0 Å². The Hall–Kier alpha value is -3.07. The first kappa shape index (κ1) is 15.8. The standard InChI is InChI=1S/C14H8ClF2N5O2/c15-8-5-7(23)1-2-11(8)18-14(24)12-9(16)3-6(4-10(12)17)13-19-21-22-20-13/h1-5,23H,(H,18,24)(H,19,20,21,22). The second-order valence-electron chi connectivity index (χ2n) is 4.67. The fourth-order valence-corrected chi connectivity index (χ4v) is 2.22. The molecule has 0 spiro atoms. The summed E-state index contributed by atoms with van der Waals surface area (Å²) < 4.78 is 28.3. The topological polar surface area (TPSA) is 104 Å². The predicted molar refractivity (Wildman–Crippen MR) is 80.6 cm³/mol. The van der Waals surface area contributed by atoms with E-state index in [1.165, 1.54) is 18.2 Å². The highest BCUT2D eigenvalue weighted by Crippen LogP contribution is 2.27. The average molecular weight is 352 g/mol. The molecular formula is C14H8ClF2N5O2. The SMILES string of the molecule is O=C(Nc1ccc(O)cc1Cl)c1c(F)cc(-c2nn[nH]n2)cc1F. The van der Waals surface area contributed by atoms with Crippen LogP contribution in [-0.2, 0) is 0 Å². The molecule has 0 saturated heterocycles. The Morgan fingerprint density at radius 3 is 2.50 bits per heavy atom. The summed E-state index contributed by atoms with van der Waals surface area (Å²) in [5.74, 6) is -3.34. The zero-order valence-electron chi connectivity index (χ0n) is 11.7. The van der Waals surface area contributed by atoms with Gasteiger partial charge in [0.25, 0.3) is 5.91 Å². The number of halogens is 3. The van der Waals surface area contributed by atoms with E-state index in [2.05, 4.69) is 25.9 Å². The van der Waals surface area contributed by atoms with Crippen LogP contribution < -0.4 is 5.32 Å². The molecule has 0 atom stereocenters. The van der Waals surface area contributed by atoms with Gasteiger partial charge in [-0.3, -0.25) is 4.79 Å². The quantitative estimate of drug-likeness (QED) is 0.629. The smallest absolute Gasteiger partial charge is 0.261 e. The van der Waals surface area contributed by atoms with Gasteiger partial charge in [0.15, 0.2) is 0 Å². The highest BCUT2D eigenvalue weighted by atomic mass is 35.5. The third kappa shape index (κ3) is 3.01. The van der Waals surface area contributed by atoms with Crippen LogP contribution in [-0.4, -0.2) is 31.6 Å². The van der Waals surface area contributed by atoms with Crippen molar-refractivity contribution in [2.75, 3.05) is 5.32 Å². The molecule has 3 rings (SSSR count). The lowest BCUT2D eigenvalue weighted by Gasteiger charge is -2.09. The number of nitrogens with zero attached hydrogens (tertiary/aromatic N) is 3. The van der Waals surface area contributed by atoms with Crippen molar-refractivity contribution in [2.45, 2.75) is 0 Å². The number of hydrogen-bond acceptors (Lipinski definition) is 5. The van der Waals surface area contributed by atoms with Crippen LogP contribution in [0.2, 0.25) is 5.02 Å². The van der Waals surface area contributed by atoms with Gasteiger partial charge in [0.1, 0.15) is 22.9 Å². The molecule has 1 amide bonds. The second-order valence-corrected chi connectivity index (χ2v) is 5.08. The summed E-state index contributed by atoms with van der Waals surface area (Å²) in [5, 5.41) is 24.2. The number of carbonyl (C=O) groups is 1. The molecule has 3 aromatic rings. The van der Waals surface area contributed by atoms with Crippen LogP contribution in [0, 0.1) is 11.6 Å². The summed E-state index contributed by atoms with van der Waals surface area (Å²) in [6.45, 7) is 0. The van der Waals surface area contributed by atoms with E-state index in [1.807, 2.05) is 0 Å². The number of amides is 1. The predicted octanol–water partition coefficient (Wildman–Crippen LogP) is 2.76. The number of anilines is 1. The molecule has 24 heavy (non-hydrogen) atoms. The van der Waals surface area contributed by atoms with Gasteiger partial charge in [-0.05, 0) is 29.5 Å². The van der Waals surface area contributed by atoms with Crippen molar-refractivity contribution in [1.29, 1.82) is 0 Å². The summed E-state index contributed by atoms with van der Waals surface area (Å²) in [5.41, 5.74) is -0.662. The number of phenolic OH excluding ortho intramolecular Hbond substituents is 1. The van der Waals surface area contributed by atoms with E-state index in [-0.39, 0.29) is 27.8 Å². The molecule has 2 aromatic carbocycles. The van der Waals surface area contributed by atoms with Crippen LogP contribution >= 0.6 is 11.6 Å². The molecule has 7 nitrogen and oxygen atoms in total.